The monoisotopic (exact) mass is 404 g/mol. The zero-order valence-electron chi connectivity index (χ0n) is 14.3. The first kappa shape index (κ1) is 20.5. The number of carbonyl (C=O) groups is 1. The van der Waals surface area contributed by atoms with Gasteiger partial charge in [-0.15, -0.1) is 10.2 Å². The van der Waals surface area contributed by atoms with E-state index in [9.17, 15) is 18.0 Å². The van der Waals surface area contributed by atoms with Gasteiger partial charge < -0.3 is 10.6 Å². The zero-order valence-corrected chi connectivity index (χ0v) is 15.9. The molecule has 0 fully saturated rings. The summed E-state index contributed by atoms with van der Waals surface area (Å²) in [5, 5.41) is 13.5. The highest BCUT2D eigenvalue weighted by molar-refractivity contribution is 8.01. The number of alkyl halides is 3. The maximum absolute atomic E-state index is 13.0. The fourth-order valence-electron chi connectivity index (χ4n) is 2.22. The Labute approximate surface area is 157 Å². The van der Waals surface area contributed by atoms with Gasteiger partial charge in [0.15, 0.2) is 4.34 Å². The van der Waals surface area contributed by atoms with Crippen LogP contribution in [0, 0.1) is 0 Å². The summed E-state index contributed by atoms with van der Waals surface area (Å²) in [6.45, 7) is 3.99. The molecule has 5 nitrogen and oxygen atoms in total. The number of aromatic nitrogens is 2. The summed E-state index contributed by atoms with van der Waals surface area (Å²) in [7, 11) is 0. The van der Waals surface area contributed by atoms with Crippen molar-refractivity contribution in [2.24, 2.45) is 0 Å². The van der Waals surface area contributed by atoms with Crippen LogP contribution < -0.4 is 10.6 Å². The molecule has 0 aliphatic rings. The van der Waals surface area contributed by atoms with E-state index in [-0.39, 0.29) is 28.5 Å². The number of para-hydroxylation sites is 1. The van der Waals surface area contributed by atoms with Gasteiger partial charge in [0.1, 0.15) is 0 Å². The fraction of sp³-hybridized carbons (Fsp3) is 0.438. The van der Waals surface area contributed by atoms with Crippen LogP contribution >= 0.6 is 23.1 Å². The van der Waals surface area contributed by atoms with Gasteiger partial charge in [-0.2, -0.15) is 13.2 Å². The Morgan fingerprint density at radius 2 is 2.04 bits per heavy atom. The molecule has 0 bridgehead atoms. The number of thioether (sulfide) groups is 1. The van der Waals surface area contributed by atoms with Crippen molar-refractivity contribution in [1.29, 1.82) is 0 Å². The van der Waals surface area contributed by atoms with Gasteiger partial charge in [-0.25, -0.2) is 0 Å². The van der Waals surface area contributed by atoms with E-state index in [0.29, 0.717) is 4.34 Å². The Morgan fingerprint density at radius 3 is 2.73 bits per heavy atom. The minimum absolute atomic E-state index is 0.0844. The van der Waals surface area contributed by atoms with E-state index < -0.39 is 11.7 Å². The predicted octanol–water partition coefficient (Wildman–Crippen LogP) is 4.70. The molecule has 0 saturated heterocycles. The molecule has 142 valence electrons. The van der Waals surface area contributed by atoms with Crippen molar-refractivity contribution in [1.82, 2.24) is 15.5 Å². The molecular weight excluding hydrogens is 385 g/mol. The number of hydrogen-bond donors (Lipinski definition) is 2. The number of carbonyl (C=O) groups excluding carboxylic acids is 1. The molecule has 1 heterocycles. The third-order valence-electron chi connectivity index (χ3n) is 3.34. The van der Waals surface area contributed by atoms with E-state index in [1.54, 1.807) is 0 Å². The summed E-state index contributed by atoms with van der Waals surface area (Å²) in [5.41, 5.74) is -0.854. The lowest BCUT2D eigenvalue weighted by molar-refractivity contribution is -0.137. The van der Waals surface area contributed by atoms with Gasteiger partial charge in [0.2, 0.25) is 11.0 Å². The predicted molar refractivity (Wildman–Crippen MR) is 97.9 cm³/mol. The van der Waals surface area contributed by atoms with E-state index in [1.807, 2.05) is 13.8 Å². The lowest BCUT2D eigenvalue weighted by Gasteiger charge is -2.12. The van der Waals surface area contributed by atoms with Crippen LogP contribution in [0.3, 0.4) is 0 Å². The molecular formula is C16H19F3N4OS2. The molecule has 0 aliphatic heterocycles. The van der Waals surface area contributed by atoms with Crippen LogP contribution in [-0.2, 0) is 11.0 Å². The van der Waals surface area contributed by atoms with Crippen LogP contribution in [-0.4, -0.2) is 27.9 Å². The quantitative estimate of drug-likeness (QED) is 0.625. The van der Waals surface area contributed by atoms with Crippen molar-refractivity contribution in [2.75, 3.05) is 11.1 Å². The molecule has 1 aromatic carbocycles. The number of amides is 1. The summed E-state index contributed by atoms with van der Waals surface area (Å²) >= 11 is 2.30. The topological polar surface area (TPSA) is 66.9 Å². The molecule has 0 aliphatic carbocycles. The van der Waals surface area contributed by atoms with Crippen molar-refractivity contribution < 1.29 is 18.0 Å². The summed E-state index contributed by atoms with van der Waals surface area (Å²) in [6, 6.07) is 5.28. The zero-order chi connectivity index (χ0) is 19.2. The lowest BCUT2D eigenvalue weighted by atomic mass is 10.2. The van der Waals surface area contributed by atoms with E-state index in [4.69, 9.17) is 0 Å². The Bertz CT molecular complexity index is 736. The normalized spacial score (nSPS) is 12.7. The summed E-state index contributed by atoms with van der Waals surface area (Å²) in [5.74, 6) is 0.0741. The Kier molecular flexibility index (Phi) is 7.27. The maximum atomic E-state index is 13.0. The molecule has 1 aromatic heterocycles. The van der Waals surface area contributed by atoms with Gasteiger partial charge in [0.25, 0.3) is 0 Å². The van der Waals surface area contributed by atoms with Gasteiger partial charge in [0.05, 0.1) is 17.0 Å². The standard InChI is InChI=1S/C16H19F3N4OS2/c1-3-6-10(2)20-13(24)9-25-15-23-22-14(26-15)21-12-8-5-4-7-11(12)16(17,18)19/h4-5,7-8,10H,3,6,9H2,1-2H3,(H,20,24)(H,21,22)/t10-/m1/s1. The summed E-state index contributed by atoms with van der Waals surface area (Å²) in [4.78, 5) is 11.8. The summed E-state index contributed by atoms with van der Waals surface area (Å²) < 4.78 is 39.5. The molecule has 2 aromatic rings. The SMILES string of the molecule is CCC[C@@H](C)NC(=O)CSc1nnc(Nc2ccccc2C(F)(F)F)s1. The number of hydrogen-bond acceptors (Lipinski definition) is 6. The molecule has 2 rings (SSSR count). The highest BCUT2D eigenvalue weighted by Gasteiger charge is 2.33. The second-order valence-corrected chi connectivity index (χ2v) is 7.79. The van der Waals surface area contributed by atoms with Crippen molar-refractivity contribution in [3.8, 4) is 0 Å². The van der Waals surface area contributed by atoms with Crippen molar-refractivity contribution in [3.05, 3.63) is 29.8 Å². The molecule has 26 heavy (non-hydrogen) atoms. The first-order chi connectivity index (χ1) is 12.3. The van der Waals surface area contributed by atoms with Crippen LogP contribution in [0.1, 0.15) is 32.3 Å². The van der Waals surface area contributed by atoms with E-state index in [1.165, 1.54) is 30.0 Å². The second kappa shape index (κ2) is 9.22. The molecule has 0 spiro atoms. The number of anilines is 2. The minimum atomic E-state index is -4.46. The molecule has 1 amide bonds. The van der Waals surface area contributed by atoms with Gasteiger partial charge in [-0.1, -0.05) is 48.6 Å². The van der Waals surface area contributed by atoms with Crippen LogP contribution in [0.4, 0.5) is 24.0 Å². The molecule has 1 atom stereocenters. The highest BCUT2D eigenvalue weighted by atomic mass is 32.2. The van der Waals surface area contributed by atoms with Gasteiger partial charge in [-0.3, -0.25) is 4.79 Å². The second-order valence-electron chi connectivity index (χ2n) is 5.59. The highest BCUT2D eigenvalue weighted by Crippen LogP contribution is 2.36. The smallest absolute Gasteiger partial charge is 0.353 e. The molecule has 10 heteroatoms. The number of nitrogens with one attached hydrogen (secondary N) is 2. The number of halogens is 3. The van der Waals surface area contributed by atoms with E-state index in [2.05, 4.69) is 20.8 Å². The maximum Gasteiger partial charge on any atom is 0.418 e. The Hall–Kier alpha value is -1.81. The van der Waals surface area contributed by atoms with E-state index in [0.717, 1.165) is 30.2 Å². The average molecular weight is 404 g/mol. The minimum Gasteiger partial charge on any atom is -0.353 e. The lowest BCUT2D eigenvalue weighted by Crippen LogP contribution is -2.33. The Morgan fingerprint density at radius 1 is 1.31 bits per heavy atom. The third kappa shape index (κ3) is 6.17. The molecule has 2 N–H and O–H groups in total. The van der Waals surface area contributed by atoms with Crippen molar-refractivity contribution >= 4 is 39.8 Å². The average Bonchev–Trinajstić information content (AvgIpc) is 3.00. The van der Waals surface area contributed by atoms with Crippen molar-refractivity contribution in [2.45, 2.75) is 43.2 Å². The van der Waals surface area contributed by atoms with E-state index >= 15 is 0 Å². The van der Waals surface area contributed by atoms with Crippen LogP contribution in [0.5, 0.6) is 0 Å². The van der Waals surface area contributed by atoms with Gasteiger partial charge in [-0.05, 0) is 25.5 Å². The van der Waals surface area contributed by atoms with Crippen LogP contribution in [0.15, 0.2) is 28.6 Å². The number of nitrogens with zero attached hydrogens (tertiary/aromatic N) is 2. The third-order valence-corrected chi connectivity index (χ3v) is 5.31. The fourth-order valence-corrected chi connectivity index (χ4v) is 3.80. The largest absolute Gasteiger partial charge is 0.418 e. The first-order valence-electron chi connectivity index (χ1n) is 7.98. The molecule has 0 radical (unpaired) electrons. The molecule has 0 unspecified atom stereocenters. The van der Waals surface area contributed by atoms with Crippen LogP contribution in [0.25, 0.3) is 0 Å². The Balaban J connectivity index is 1.94. The molecule has 0 saturated carbocycles. The first-order valence-corrected chi connectivity index (χ1v) is 9.78. The van der Waals surface area contributed by atoms with Crippen molar-refractivity contribution in [3.63, 3.8) is 0 Å². The van der Waals surface area contributed by atoms with Gasteiger partial charge in [0, 0.05) is 6.04 Å². The summed E-state index contributed by atoms with van der Waals surface area (Å²) in [6.07, 6.45) is -2.57. The van der Waals surface area contributed by atoms with Gasteiger partial charge >= 0.3 is 6.18 Å². The number of rotatable bonds is 8. The number of benzene rings is 1. The van der Waals surface area contributed by atoms with Crippen LogP contribution in [0.2, 0.25) is 0 Å².